The van der Waals surface area contributed by atoms with Crippen LogP contribution < -0.4 is 5.73 Å². The first kappa shape index (κ1) is 11.5. The molecule has 2 rings (SSSR count). The molecule has 5 heteroatoms. The molecule has 4 nitrogen and oxygen atoms in total. The minimum Gasteiger partial charge on any atom is -0.467 e. The van der Waals surface area contributed by atoms with Gasteiger partial charge in [0, 0.05) is 24.1 Å². The maximum atomic E-state index is 12.2. The van der Waals surface area contributed by atoms with Crippen LogP contribution in [0.25, 0.3) is 0 Å². The second-order valence-corrected chi connectivity index (χ2v) is 5.08. The number of amides is 1. The molecule has 1 fully saturated rings. The minimum atomic E-state index is 0.0521. The number of furan rings is 1. The lowest BCUT2D eigenvalue weighted by molar-refractivity contribution is 0.0715. The summed E-state index contributed by atoms with van der Waals surface area (Å²) in [5, 5.41) is 0. The number of carbonyl (C=O) groups is 1. The quantitative estimate of drug-likeness (QED) is 0.847. The van der Waals surface area contributed by atoms with Gasteiger partial charge in [-0.1, -0.05) is 0 Å². The first-order valence-corrected chi connectivity index (χ1v) is 6.54. The molecule has 2 N–H and O–H groups in total. The Morgan fingerprint density at radius 1 is 1.75 bits per heavy atom. The van der Waals surface area contributed by atoms with E-state index in [1.807, 2.05) is 16.7 Å². The average Bonchev–Trinajstić information content (AvgIpc) is 2.77. The molecule has 1 aliphatic rings. The Morgan fingerprint density at radius 2 is 2.56 bits per heavy atom. The van der Waals surface area contributed by atoms with Gasteiger partial charge < -0.3 is 15.1 Å². The molecule has 1 saturated heterocycles. The summed E-state index contributed by atoms with van der Waals surface area (Å²) in [4.78, 5) is 14.1. The lowest BCUT2D eigenvalue weighted by Crippen LogP contribution is -2.44. The molecule has 1 atom stereocenters. The van der Waals surface area contributed by atoms with Crippen LogP contribution in [0.3, 0.4) is 0 Å². The lowest BCUT2D eigenvalue weighted by atomic mass is 10.2. The van der Waals surface area contributed by atoms with Gasteiger partial charge in [0.25, 0.3) is 5.91 Å². The van der Waals surface area contributed by atoms with Gasteiger partial charge in [0.2, 0.25) is 0 Å². The van der Waals surface area contributed by atoms with Crippen LogP contribution in [0.15, 0.2) is 16.7 Å². The van der Waals surface area contributed by atoms with E-state index in [9.17, 15) is 4.79 Å². The van der Waals surface area contributed by atoms with Gasteiger partial charge in [-0.15, -0.1) is 0 Å². The van der Waals surface area contributed by atoms with E-state index in [1.54, 1.807) is 6.07 Å². The van der Waals surface area contributed by atoms with E-state index in [-0.39, 0.29) is 5.91 Å². The van der Waals surface area contributed by atoms with Gasteiger partial charge in [0.15, 0.2) is 0 Å². The first-order chi connectivity index (χ1) is 7.72. The first-order valence-electron chi connectivity index (χ1n) is 5.38. The van der Waals surface area contributed by atoms with E-state index in [4.69, 9.17) is 10.2 Å². The number of carbonyl (C=O) groups excluding carboxylic acids is 1. The molecule has 88 valence electrons. The number of hydrogen-bond donors (Lipinski definition) is 1. The van der Waals surface area contributed by atoms with E-state index in [0.29, 0.717) is 23.9 Å². The molecule has 0 spiro atoms. The number of rotatable bonds is 2. The van der Waals surface area contributed by atoms with Crippen molar-refractivity contribution in [3.63, 3.8) is 0 Å². The molecule has 1 aliphatic heterocycles. The van der Waals surface area contributed by atoms with Crippen molar-refractivity contribution in [1.29, 1.82) is 0 Å². The Morgan fingerprint density at radius 3 is 3.19 bits per heavy atom. The topological polar surface area (TPSA) is 59.5 Å². The Hall–Kier alpha value is -0.940. The van der Waals surface area contributed by atoms with Gasteiger partial charge in [0.1, 0.15) is 12.0 Å². The summed E-state index contributed by atoms with van der Waals surface area (Å²) in [5.41, 5.74) is 6.06. The SMILES string of the molecule is CC1CSCCN1C(=O)c1coc(CN)c1. The maximum absolute atomic E-state index is 12.2. The molecule has 0 aliphatic carbocycles. The zero-order valence-corrected chi connectivity index (χ0v) is 10.1. The third kappa shape index (κ3) is 2.25. The van der Waals surface area contributed by atoms with Crippen LogP contribution in [0.2, 0.25) is 0 Å². The summed E-state index contributed by atoms with van der Waals surface area (Å²) >= 11 is 1.89. The van der Waals surface area contributed by atoms with E-state index in [2.05, 4.69) is 6.92 Å². The Balaban J connectivity index is 2.11. The monoisotopic (exact) mass is 240 g/mol. The van der Waals surface area contributed by atoms with E-state index in [0.717, 1.165) is 18.1 Å². The van der Waals surface area contributed by atoms with Crippen LogP contribution in [0.1, 0.15) is 23.0 Å². The van der Waals surface area contributed by atoms with Gasteiger partial charge in [-0.3, -0.25) is 4.79 Å². The zero-order chi connectivity index (χ0) is 11.5. The standard InChI is InChI=1S/C11H16N2O2S/c1-8-7-16-3-2-13(8)11(14)9-4-10(5-12)15-6-9/h4,6,8H,2-3,5,7,12H2,1H3. The van der Waals surface area contributed by atoms with Crippen LogP contribution in [-0.2, 0) is 6.54 Å². The molecule has 0 saturated carbocycles. The van der Waals surface area contributed by atoms with Crippen LogP contribution in [-0.4, -0.2) is 34.9 Å². The highest BCUT2D eigenvalue weighted by molar-refractivity contribution is 7.99. The predicted octanol–water partition coefficient (Wildman–Crippen LogP) is 1.32. The van der Waals surface area contributed by atoms with E-state index in [1.165, 1.54) is 6.26 Å². The van der Waals surface area contributed by atoms with Crippen molar-refractivity contribution in [1.82, 2.24) is 4.90 Å². The fourth-order valence-corrected chi connectivity index (χ4v) is 2.81. The molecular weight excluding hydrogens is 224 g/mol. The number of hydrogen-bond acceptors (Lipinski definition) is 4. The molecule has 0 bridgehead atoms. The van der Waals surface area contributed by atoms with Gasteiger partial charge >= 0.3 is 0 Å². The Kier molecular flexibility index (Phi) is 3.56. The highest BCUT2D eigenvalue weighted by atomic mass is 32.2. The van der Waals surface area contributed by atoms with Crippen LogP contribution in [0.4, 0.5) is 0 Å². The number of thioether (sulfide) groups is 1. The summed E-state index contributed by atoms with van der Waals surface area (Å²) in [6.45, 7) is 3.22. The molecule has 2 heterocycles. The van der Waals surface area contributed by atoms with Crippen molar-refractivity contribution < 1.29 is 9.21 Å². The van der Waals surface area contributed by atoms with Crippen molar-refractivity contribution in [2.75, 3.05) is 18.1 Å². The molecule has 1 aromatic rings. The van der Waals surface area contributed by atoms with Crippen molar-refractivity contribution in [2.45, 2.75) is 19.5 Å². The zero-order valence-electron chi connectivity index (χ0n) is 9.31. The second kappa shape index (κ2) is 4.93. The summed E-state index contributed by atoms with van der Waals surface area (Å²) < 4.78 is 5.18. The summed E-state index contributed by atoms with van der Waals surface area (Å²) in [6, 6.07) is 2.03. The smallest absolute Gasteiger partial charge is 0.257 e. The number of nitrogens with two attached hydrogens (primary N) is 1. The third-order valence-electron chi connectivity index (χ3n) is 2.73. The summed E-state index contributed by atoms with van der Waals surface area (Å²) in [6.07, 6.45) is 1.50. The normalized spacial score (nSPS) is 21.1. The molecule has 1 aromatic heterocycles. The molecule has 1 unspecified atom stereocenters. The van der Waals surface area contributed by atoms with Gasteiger partial charge in [0.05, 0.1) is 12.1 Å². The van der Waals surface area contributed by atoms with Crippen molar-refractivity contribution in [3.05, 3.63) is 23.7 Å². The molecule has 16 heavy (non-hydrogen) atoms. The van der Waals surface area contributed by atoms with Gasteiger partial charge in [-0.2, -0.15) is 11.8 Å². The van der Waals surface area contributed by atoms with Crippen molar-refractivity contribution >= 4 is 17.7 Å². The van der Waals surface area contributed by atoms with Crippen molar-refractivity contribution in [2.24, 2.45) is 5.73 Å². The highest BCUT2D eigenvalue weighted by Crippen LogP contribution is 2.19. The van der Waals surface area contributed by atoms with Crippen LogP contribution >= 0.6 is 11.8 Å². The Bertz CT molecular complexity index is 378. The average molecular weight is 240 g/mol. The minimum absolute atomic E-state index is 0.0521. The van der Waals surface area contributed by atoms with Crippen molar-refractivity contribution in [3.8, 4) is 0 Å². The summed E-state index contributed by atoms with van der Waals surface area (Å²) in [7, 11) is 0. The van der Waals surface area contributed by atoms with Crippen LogP contribution in [0, 0.1) is 0 Å². The van der Waals surface area contributed by atoms with Gasteiger partial charge in [-0.05, 0) is 13.0 Å². The lowest BCUT2D eigenvalue weighted by Gasteiger charge is -2.32. The largest absolute Gasteiger partial charge is 0.467 e. The van der Waals surface area contributed by atoms with Gasteiger partial charge in [-0.25, -0.2) is 0 Å². The predicted molar refractivity (Wildman–Crippen MR) is 64.4 cm³/mol. The number of nitrogens with zero attached hydrogens (tertiary/aromatic N) is 1. The molecule has 0 radical (unpaired) electrons. The second-order valence-electron chi connectivity index (χ2n) is 3.93. The highest BCUT2D eigenvalue weighted by Gasteiger charge is 2.25. The molecule has 1 amide bonds. The van der Waals surface area contributed by atoms with E-state index >= 15 is 0 Å². The maximum Gasteiger partial charge on any atom is 0.257 e. The third-order valence-corrected chi connectivity index (χ3v) is 3.92. The van der Waals surface area contributed by atoms with E-state index < -0.39 is 0 Å². The van der Waals surface area contributed by atoms with Crippen LogP contribution in [0.5, 0.6) is 0 Å². The molecular formula is C11H16N2O2S. The Labute approximate surface area is 99.2 Å². The summed E-state index contributed by atoms with van der Waals surface area (Å²) in [5.74, 6) is 2.73. The molecule has 0 aromatic carbocycles. The fraction of sp³-hybridized carbons (Fsp3) is 0.545. The fourth-order valence-electron chi connectivity index (χ4n) is 1.79.